The van der Waals surface area contributed by atoms with Crippen LogP contribution in [0.5, 0.6) is 5.75 Å². The zero-order valence-corrected chi connectivity index (χ0v) is 17.3. The number of nitrogens with zero attached hydrogens (tertiary/aromatic N) is 1. The smallest absolute Gasteiger partial charge is 0.192 e. The van der Waals surface area contributed by atoms with E-state index in [-0.39, 0.29) is 10.5 Å². The summed E-state index contributed by atoms with van der Waals surface area (Å²) < 4.78 is 33.4. The molecule has 2 atom stereocenters. The van der Waals surface area contributed by atoms with Crippen molar-refractivity contribution in [1.29, 1.82) is 0 Å². The van der Waals surface area contributed by atoms with Crippen molar-refractivity contribution in [1.82, 2.24) is 4.98 Å². The van der Waals surface area contributed by atoms with Crippen LogP contribution in [0.3, 0.4) is 0 Å². The minimum atomic E-state index is -4.01. The van der Waals surface area contributed by atoms with Gasteiger partial charge in [0.2, 0.25) is 0 Å². The molecule has 0 unspecified atom stereocenters. The van der Waals surface area contributed by atoms with E-state index in [9.17, 15) is 13.2 Å². The number of para-hydroxylation sites is 1. The van der Waals surface area contributed by atoms with Crippen molar-refractivity contribution in [3.63, 3.8) is 0 Å². The number of halogens is 1. The molecule has 1 aliphatic heterocycles. The minimum Gasteiger partial charge on any atom is -0.481 e. The van der Waals surface area contributed by atoms with Crippen LogP contribution in [0.15, 0.2) is 76.2 Å². The van der Waals surface area contributed by atoms with E-state index in [0.29, 0.717) is 16.0 Å². The number of ether oxygens (including phenoxy) is 1. The summed E-state index contributed by atoms with van der Waals surface area (Å²) in [6.45, 7) is 1.87. The van der Waals surface area contributed by atoms with E-state index >= 15 is 0 Å². The van der Waals surface area contributed by atoms with E-state index < -0.39 is 27.0 Å². The number of benzene rings is 2. The average molecular weight is 458 g/mol. The van der Waals surface area contributed by atoms with Gasteiger partial charge in [-0.05, 0) is 59.3 Å². The standard InChI is InChI=1S/C21H16BrNO4S/c1-13-9-11-14(12-10-13)28(25,26)21-19(24)15-5-2-3-7-17(15)27-20(21)16-6-4-8-18(22)23-16/h2-12,20-21H,1H3/t20-,21+/m0/s1. The first-order valence-corrected chi connectivity index (χ1v) is 10.9. The number of aromatic nitrogens is 1. The topological polar surface area (TPSA) is 73.3 Å². The quantitative estimate of drug-likeness (QED) is 0.547. The van der Waals surface area contributed by atoms with Gasteiger partial charge in [-0.1, -0.05) is 35.9 Å². The molecule has 0 spiro atoms. The summed E-state index contributed by atoms with van der Waals surface area (Å²) in [5.41, 5.74) is 1.56. The molecule has 0 saturated heterocycles. The van der Waals surface area contributed by atoms with E-state index in [4.69, 9.17) is 4.74 Å². The number of fused-ring (bicyclic) bond motifs is 1. The molecule has 28 heavy (non-hydrogen) atoms. The van der Waals surface area contributed by atoms with Crippen LogP contribution in [0, 0.1) is 6.92 Å². The fourth-order valence-electron chi connectivity index (χ4n) is 3.24. The Labute approximate surface area is 171 Å². The van der Waals surface area contributed by atoms with Crippen molar-refractivity contribution < 1.29 is 17.9 Å². The maximum Gasteiger partial charge on any atom is 0.192 e. The van der Waals surface area contributed by atoms with Gasteiger partial charge in [-0.15, -0.1) is 0 Å². The van der Waals surface area contributed by atoms with Gasteiger partial charge in [0.25, 0.3) is 0 Å². The SMILES string of the molecule is Cc1ccc(S(=O)(=O)[C@@H]2C(=O)c3ccccc3O[C@H]2c2cccc(Br)n2)cc1. The molecule has 2 heterocycles. The number of carbonyl (C=O) groups is 1. The van der Waals surface area contributed by atoms with Gasteiger partial charge in [0.1, 0.15) is 10.4 Å². The third-order valence-electron chi connectivity index (χ3n) is 4.65. The first-order chi connectivity index (χ1) is 13.4. The van der Waals surface area contributed by atoms with E-state index in [2.05, 4.69) is 20.9 Å². The van der Waals surface area contributed by atoms with Crippen LogP contribution >= 0.6 is 15.9 Å². The Morgan fingerprint density at radius 3 is 2.39 bits per heavy atom. The largest absolute Gasteiger partial charge is 0.481 e. The van der Waals surface area contributed by atoms with Gasteiger partial charge in [-0.2, -0.15) is 0 Å². The summed E-state index contributed by atoms with van der Waals surface area (Å²) in [6.07, 6.45) is -1.05. The maximum absolute atomic E-state index is 13.4. The molecule has 0 radical (unpaired) electrons. The summed E-state index contributed by atoms with van der Waals surface area (Å²) in [7, 11) is -4.01. The molecule has 2 aromatic carbocycles. The number of hydrogen-bond acceptors (Lipinski definition) is 5. The van der Waals surface area contributed by atoms with Crippen molar-refractivity contribution in [2.75, 3.05) is 0 Å². The van der Waals surface area contributed by atoms with Gasteiger partial charge in [0.15, 0.2) is 27.0 Å². The number of hydrogen-bond donors (Lipinski definition) is 0. The van der Waals surface area contributed by atoms with Crippen molar-refractivity contribution in [2.45, 2.75) is 23.2 Å². The lowest BCUT2D eigenvalue weighted by atomic mass is 9.98. The van der Waals surface area contributed by atoms with Crippen molar-refractivity contribution in [2.24, 2.45) is 0 Å². The second-order valence-electron chi connectivity index (χ2n) is 6.56. The molecular weight excluding hydrogens is 442 g/mol. The Balaban J connectivity index is 1.90. The highest BCUT2D eigenvalue weighted by molar-refractivity contribution is 9.10. The fourth-order valence-corrected chi connectivity index (χ4v) is 5.33. The molecule has 7 heteroatoms. The van der Waals surface area contributed by atoms with Gasteiger partial charge in [0, 0.05) is 0 Å². The molecule has 0 amide bonds. The lowest BCUT2D eigenvalue weighted by Crippen LogP contribution is -2.42. The third kappa shape index (κ3) is 3.25. The zero-order chi connectivity index (χ0) is 19.9. The molecule has 0 saturated carbocycles. The molecule has 3 aromatic rings. The van der Waals surface area contributed by atoms with Crippen molar-refractivity contribution in [3.05, 3.63) is 88.2 Å². The van der Waals surface area contributed by atoms with E-state index in [1.807, 2.05) is 6.92 Å². The zero-order valence-electron chi connectivity index (χ0n) is 14.9. The molecule has 1 aliphatic rings. The van der Waals surface area contributed by atoms with E-state index in [1.54, 1.807) is 54.6 Å². The number of ketones is 1. The van der Waals surface area contributed by atoms with Crippen molar-refractivity contribution >= 4 is 31.6 Å². The van der Waals surface area contributed by atoms with E-state index in [0.717, 1.165) is 5.56 Å². The molecule has 0 aliphatic carbocycles. The van der Waals surface area contributed by atoms with Crippen LogP contribution in [0.1, 0.15) is 27.7 Å². The van der Waals surface area contributed by atoms with Gasteiger partial charge >= 0.3 is 0 Å². The number of aryl methyl sites for hydroxylation is 1. The van der Waals surface area contributed by atoms with Gasteiger partial charge < -0.3 is 4.74 Å². The molecule has 0 fully saturated rings. The van der Waals surface area contributed by atoms with Crippen LogP contribution in [-0.4, -0.2) is 24.4 Å². The fraction of sp³-hybridized carbons (Fsp3) is 0.143. The number of carbonyl (C=O) groups excluding carboxylic acids is 1. The first-order valence-electron chi connectivity index (χ1n) is 8.61. The molecule has 142 valence electrons. The highest BCUT2D eigenvalue weighted by atomic mass is 79.9. The van der Waals surface area contributed by atoms with Gasteiger partial charge in [-0.25, -0.2) is 13.4 Å². The van der Waals surface area contributed by atoms with Crippen LogP contribution < -0.4 is 4.74 Å². The highest BCUT2D eigenvalue weighted by Crippen LogP contribution is 2.39. The predicted octanol–water partition coefficient (Wildman–Crippen LogP) is 4.31. The summed E-state index contributed by atoms with van der Waals surface area (Å²) in [5.74, 6) is -0.135. The van der Waals surface area contributed by atoms with Crippen LogP contribution in [-0.2, 0) is 9.84 Å². The van der Waals surface area contributed by atoms with Crippen LogP contribution in [0.25, 0.3) is 0 Å². The normalized spacial score (nSPS) is 19.0. The number of Topliss-reactive ketones (excluding diaryl/α,β-unsaturated/α-hetero) is 1. The van der Waals surface area contributed by atoms with Crippen LogP contribution in [0.4, 0.5) is 0 Å². The molecule has 0 bridgehead atoms. The average Bonchev–Trinajstić information content (AvgIpc) is 2.68. The van der Waals surface area contributed by atoms with Gasteiger partial charge in [0.05, 0.1) is 16.2 Å². The summed E-state index contributed by atoms with van der Waals surface area (Å²) in [6, 6.07) is 18.2. The Morgan fingerprint density at radius 1 is 0.964 bits per heavy atom. The Bertz CT molecular complexity index is 1160. The number of sulfone groups is 1. The molecule has 5 nitrogen and oxygen atoms in total. The minimum absolute atomic E-state index is 0.0828. The second kappa shape index (κ2) is 7.14. The lowest BCUT2D eigenvalue weighted by Gasteiger charge is -2.32. The Hall–Kier alpha value is -2.51. The second-order valence-corrected chi connectivity index (χ2v) is 9.44. The maximum atomic E-state index is 13.4. The van der Waals surface area contributed by atoms with Gasteiger partial charge in [-0.3, -0.25) is 4.79 Å². The summed E-state index contributed by atoms with van der Waals surface area (Å²) in [4.78, 5) is 17.7. The molecule has 4 rings (SSSR count). The molecular formula is C21H16BrNO4S. The van der Waals surface area contributed by atoms with E-state index in [1.165, 1.54) is 12.1 Å². The summed E-state index contributed by atoms with van der Waals surface area (Å²) in [5, 5.41) is -1.42. The first kappa shape index (κ1) is 18.8. The highest BCUT2D eigenvalue weighted by Gasteiger charge is 2.47. The third-order valence-corrected chi connectivity index (χ3v) is 7.15. The number of pyridine rings is 1. The monoisotopic (exact) mass is 457 g/mol. The predicted molar refractivity (Wildman–Crippen MR) is 108 cm³/mol. The number of rotatable bonds is 3. The lowest BCUT2D eigenvalue weighted by molar-refractivity contribution is 0.0854. The Morgan fingerprint density at radius 2 is 1.68 bits per heavy atom. The summed E-state index contributed by atoms with van der Waals surface area (Å²) >= 11 is 3.30. The molecule has 0 N–H and O–H groups in total. The van der Waals surface area contributed by atoms with Crippen molar-refractivity contribution in [3.8, 4) is 5.75 Å². The molecule has 1 aromatic heterocycles. The van der Waals surface area contributed by atoms with Crippen LogP contribution in [0.2, 0.25) is 0 Å². The Kier molecular flexibility index (Phi) is 4.81.